The summed E-state index contributed by atoms with van der Waals surface area (Å²) in [6.07, 6.45) is 0. The Labute approximate surface area is 162 Å². The lowest BCUT2D eigenvalue weighted by Crippen LogP contribution is -2.39. The van der Waals surface area contributed by atoms with Gasteiger partial charge in [0.2, 0.25) is 0 Å². The Bertz CT molecular complexity index is 741. The average molecular weight is 475 g/mol. The van der Waals surface area contributed by atoms with Crippen LogP contribution in [-0.4, -0.2) is 12.5 Å². The quantitative estimate of drug-likeness (QED) is 0.589. The van der Waals surface area contributed by atoms with Gasteiger partial charge in [-0.25, -0.2) is 0 Å². The topological polar surface area (TPSA) is 50.4 Å². The molecule has 0 fully saturated rings. The highest BCUT2D eigenvalue weighted by Crippen LogP contribution is 2.34. The van der Waals surface area contributed by atoms with Gasteiger partial charge < -0.3 is 4.74 Å². The Morgan fingerprint density at radius 1 is 1.17 bits per heavy atom. The Morgan fingerprint density at radius 2 is 1.75 bits per heavy atom. The van der Waals surface area contributed by atoms with E-state index in [1.54, 1.807) is 24.3 Å². The molecule has 0 unspecified atom stereocenters. The summed E-state index contributed by atoms with van der Waals surface area (Å²) < 4.78 is 7.10. The van der Waals surface area contributed by atoms with Gasteiger partial charge in [0.05, 0.1) is 14.6 Å². The van der Waals surface area contributed by atoms with Gasteiger partial charge >= 0.3 is 0 Å². The lowest BCUT2D eigenvalue weighted by atomic mass is 10.2. The SMILES string of the molecule is C=C(NNC(=O)COc1c(Br)cc(C)cc1Br)c1ccc(Cl)cc1. The zero-order chi connectivity index (χ0) is 17.7. The molecule has 4 nitrogen and oxygen atoms in total. The van der Waals surface area contributed by atoms with Crippen LogP contribution in [0, 0.1) is 6.92 Å². The molecule has 0 bridgehead atoms. The summed E-state index contributed by atoms with van der Waals surface area (Å²) in [5.74, 6) is 0.247. The second-order valence-electron chi connectivity index (χ2n) is 5.00. The maximum absolute atomic E-state index is 11.9. The molecule has 2 aromatic carbocycles. The van der Waals surface area contributed by atoms with E-state index >= 15 is 0 Å². The highest BCUT2D eigenvalue weighted by molar-refractivity contribution is 9.11. The van der Waals surface area contributed by atoms with Crippen molar-refractivity contribution in [3.05, 3.63) is 68.1 Å². The van der Waals surface area contributed by atoms with Crippen LogP contribution >= 0.6 is 43.5 Å². The van der Waals surface area contributed by atoms with Crippen molar-refractivity contribution in [2.75, 3.05) is 6.61 Å². The zero-order valence-corrected chi connectivity index (χ0v) is 16.8. The van der Waals surface area contributed by atoms with Crippen LogP contribution in [0.2, 0.25) is 5.02 Å². The number of nitrogens with one attached hydrogen (secondary N) is 2. The van der Waals surface area contributed by atoms with E-state index in [0.29, 0.717) is 16.5 Å². The van der Waals surface area contributed by atoms with Crippen molar-refractivity contribution >= 4 is 55.1 Å². The van der Waals surface area contributed by atoms with Crippen molar-refractivity contribution in [1.82, 2.24) is 10.9 Å². The van der Waals surface area contributed by atoms with E-state index in [1.165, 1.54) is 0 Å². The number of halogens is 3. The fourth-order valence-electron chi connectivity index (χ4n) is 1.87. The first kappa shape index (κ1) is 18.8. The molecule has 2 N–H and O–H groups in total. The number of carbonyl (C=O) groups is 1. The molecule has 0 atom stereocenters. The molecule has 0 aliphatic rings. The number of hydrogen-bond acceptors (Lipinski definition) is 3. The molecular formula is C17H15Br2ClN2O2. The van der Waals surface area contributed by atoms with Crippen molar-refractivity contribution < 1.29 is 9.53 Å². The maximum atomic E-state index is 11.9. The van der Waals surface area contributed by atoms with Gasteiger partial charge in [-0.3, -0.25) is 15.6 Å². The Morgan fingerprint density at radius 3 is 2.33 bits per heavy atom. The Balaban J connectivity index is 1.86. The molecular weight excluding hydrogens is 459 g/mol. The Kier molecular flexibility index (Phi) is 6.71. The van der Waals surface area contributed by atoms with Gasteiger partial charge in [0.15, 0.2) is 6.61 Å². The van der Waals surface area contributed by atoms with E-state index in [9.17, 15) is 4.79 Å². The summed E-state index contributed by atoms with van der Waals surface area (Å²) >= 11 is 12.7. The largest absolute Gasteiger partial charge is 0.481 e. The molecule has 0 spiro atoms. The molecule has 0 aliphatic heterocycles. The summed E-state index contributed by atoms with van der Waals surface area (Å²) in [6, 6.07) is 10.9. The summed E-state index contributed by atoms with van der Waals surface area (Å²) in [5, 5.41) is 0.637. The predicted octanol–water partition coefficient (Wildman–Crippen LogP) is 4.84. The van der Waals surface area contributed by atoms with Gasteiger partial charge in [-0.1, -0.05) is 30.3 Å². The van der Waals surface area contributed by atoms with Crippen LogP contribution in [0.5, 0.6) is 5.75 Å². The molecule has 1 amide bonds. The molecule has 0 radical (unpaired) electrons. The van der Waals surface area contributed by atoms with Gasteiger partial charge in [-0.15, -0.1) is 0 Å². The molecule has 7 heteroatoms. The third-order valence-electron chi connectivity index (χ3n) is 3.04. The highest BCUT2D eigenvalue weighted by atomic mass is 79.9. The minimum atomic E-state index is -0.329. The van der Waals surface area contributed by atoms with Crippen LogP contribution in [0.25, 0.3) is 5.70 Å². The predicted molar refractivity (Wildman–Crippen MR) is 104 cm³/mol. The molecule has 0 aliphatic carbocycles. The second-order valence-corrected chi connectivity index (χ2v) is 7.15. The van der Waals surface area contributed by atoms with Gasteiger partial charge in [0.25, 0.3) is 5.91 Å². The third kappa shape index (κ3) is 5.26. The molecule has 0 saturated heterocycles. The van der Waals surface area contributed by atoms with Crippen molar-refractivity contribution in [2.24, 2.45) is 0 Å². The first-order valence-electron chi connectivity index (χ1n) is 6.95. The van der Waals surface area contributed by atoms with Crippen molar-refractivity contribution in [2.45, 2.75) is 6.92 Å². The molecule has 0 saturated carbocycles. The fraction of sp³-hybridized carbons (Fsp3) is 0.118. The van der Waals surface area contributed by atoms with Gasteiger partial charge in [0, 0.05) is 5.02 Å². The first-order valence-corrected chi connectivity index (χ1v) is 8.91. The number of hydrazine groups is 1. The number of hydrogen-bond donors (Lipinski definition) is 2. The van der Waals surface area contributed by atoms with Crippen molar-refractivity contribution in [3.8, 4) is 5.75 Å². The zero-order valence-electron chi connectivity index (χ0n) is 12.8. The van der Waals surface area contributed by atoms with Crippen LogP contribution < -0.4 is 15.6 Å². The number of carbonyl (C=O) groups excluding carboxylic acids is 1. The summed E-state index contributed by atoms with van der Waals surface area (Å²) in [4.78, 5) is 11.9. The van der Waals surface area contributed by atoms with Crippen LogP contribution in [0.4, 0.5) is 0 Å². The molecule has 2 aromatic rings. The Hall–Kier alpha value is -1.50. The number of rotatable bonds is 6. The minimum absolute atomic E-state index is 0.138. The molecule has 0 aromatic heterocycles. The molecule has 0 heterocycles. The van der Waals surface area contributed by atoms with E-state index in [4.69, 9.17) is 16.3 Å². The number of amides is 1. The van der Waals surface area contributed by atoms with Crippen LogP contribution in [-0.2, 0) is 4.79 Å². The van der Waals surface area contributed by atoms with Gasteiger partial charge in [-0.05, 0) is 74.2 Å². The molecule has 2 rings (SSSR count). The first-order chi connectivity index (χ1) is 11.4. The molecule has 126 valence electrons. The van der Waals surface area contributed by atoms with Crippen LogP contribution in [0.3, 0.4) is 0 Å². The average Bonchev–Trinajstić information content (AvgIpc) is 2.52. The smallest absolute Gasteiger partial charge is 0.276 e. The van der Waals surface area contributed by atoms with Crippen molar-refractivity contribution in [1.29, 1.82) is 0 Å². The third-order valence-corrected chi connectivity index (χ3v) is 4.47. The van der Waals surface area contributed by atoms with Gasteiger partial charge in [0.1, 0.15) is 5.75 Å². The lowest BCUT2D eigenvalue weighted by Gasteiger charge is -2.13. The normalized spacial score (nSPS) is 10.2. The van der Waals surface area contributed by atoms with E-state index in [1.807, 2.05) is 19.1 Å². The monoisotopic (exact) mass is 472 g/mol. The van der Waals surface area contributed by atoms with Crippen LogP contribution in [0.15, 0.2) is 51.9 Å². The fourth-order valence-corrected chi connectivity index (χ4v) is 3.64. The van der Waals surface area contributed by atoms with Crippen molar-refractivity contribution in [3.63, 3.8) is 0 Å². The lowest BCUT2D eigenvalue weighted by molar-refractivity contribution is -0.123. The molecule has 24 heavy (non-hydrogen) atoms. The van der Waals surface area contributed by atoms with Gasteiger partial charge in [-0.2, -0.15) is 0 Å². The highest BCUT2D eigenvalue weighted by Gasteiger charge is 2.10. The van der Waals surface area contributed by atoms with E-state index in [2.05, 4.69) is 49.3 Å². The summed E-state index contributed by atoms with van der Waals surface area (Å²) in [7, 11) is 0. The minimum Gasteiger partial charge on any atom is -0.481 e. The van der Waals surface area contributed by atoms with Crippen LogP contribution in [0.1, 0.15) is 11.1 Å². The second kappa shape index (κ2) is 8.55. The summed E-state index contributed by atoms with van der Waals surface area (Å²) in [6.45, 7) is 5.69. The standard InChI is InChI=1S/C17H15Br2ClN2O2/c1-10-7-14(18)17(15(19)8-10)24-9-16(23)22-21-11(2)12-3-5-13(20)6-4-12/h3-8,21H,2,9H2,1H3,(H,22,23). The van der Waals surface area contributed by atoms with E-state index < -0.39 is 0 Å². The number of ether oxygens (including phenoxy) is 1. The van der Waals surface area contributed by atoms with E-state index in [-0.39, 0.29) is 12.5 Å². The summed E-state index contributed by atoms with van der Waals surface area (Å²) in [5.41, 5.74) is 7.74. The maximum Gasteiger partial charge on any atom is 0.276 e. The number of benzene rings is 2. The number of aryl methyl sites for hydroxylation is 1. The van der Waals surface area contributed by atoms with E-state index in [0.717, 1.165) is 20.1 Å².